The minimum absolute atomic E-state index is 0.0378. The van der Waals surface area contributed by atoms with Crippen molar-refractivity contribution in [3.8, 4) is 5.75 Å². The summed E-state index contributed by atoms with van der Waals surface area (Å²) >= 11 is 0. The lowest BCUT2D eigenvalue weighted by molar-refractivity contribution is 0.298. The number of rotatable bonds is 5. The van der Waals surface area contributed by atoms with Crippen LogP contribution in [-0.4, -0.2) is 6.61 Å². The Morgan fingerprint density at radius 3 is 2.81 bits per heavy atom. The van der Waals surface area contributed by atoms with Crippen LogP contribution in [0.4, 0.5) is 0 Å². The zero-order chi connectivity index (χ0) is 11.5. The first-order chi connectivity index (χ1) is 7.66. The van der Waals surface area contributed by atoms with Gasteiger partial charge in [-0.3, -0.25) is 0 Å². The lowest BCUT2D eigenvalue weighted by Gasteiger charge is -2.14. The molecule has 0 aliphatic heterocycles. The molecule has 0 radical (unpaired) electrons. The lowest BCUT2D eigenvalue weighted by atomic mass is 10.1. The van der Waals surface area contributed by atoms with Crippen molar-refractivity contribution in [2.75, 3.05) is 6.61 Å². The van der Waals surface area contributed by atoms with E-state index in [1.807, 2.05) is 13.0 Å². The maximum atomic E-state index is 5.95. The van der Waals surface area contributed by atoms with E-state index in [1.165, 1.54) is 24.8 Å². The van der Waals surface area contributed by atoms with Gasteiger partial charge in [-0.15, -0.1) is 0 Å². The van der Waals surface area contributed by atoms with Crippen molar-refractivity contribution in [2.24, 2.45) is 11.7 Å². The Kier molecular flexibility index (Phi) is 3.49. The van der Waals surface area contributed by atoms with Crippen LogP contribution >= 0.6 is 0 Å². The summed E-state index contributed by atoms with van der Waals surface area (Å²) in [5.41, 5.74) is 8.31. The quantitative estimate of drug-likeness (QED) is 0.825. The molecule has 0 amide bonds. The summed E-state index contributed by atoms with van der Waals surface area (Å²) in [5.74, 6) is 1.88. The second kappa shape index (κ2) is 4.88. The van der Waals surface area contributed by atoms with Gasteiger partial charge in [0.2, 0.25) is 0 Å². The highest BCUT2D eigenvalue weighted by Gasteiger charge is 2.21. The van der Waals surface area contributed by atoms with E-state index in [4.69, 9.17) is 10.5 Å². The zero-order valence-electron chi connectivity index (χ0n) is 10.2. The van der Waals surface area contributed by atoms with Gasteiger partial charge in [0.05, 0.1) is 6.61 Å². The third kappa shape index (κ3) is 2.99. The van der Waals surface area contributed by atoms with E-state index in [0.717, 1.165) is 23.8 Å². The minimum atomic E-state index is 0.0378. The van der Waals surface area contributed by atoms with Crippen LogP contribution in [0.3, 0.4) is 0 Å². The topological polar surface area (TPSA) is 35.2 Å². The van der Waals surface area contributed by atoms with E-state index in [-0.39, 0.29) is 6.04 Å². The number of hydrogen-bond acceptors (Lipinski definition) is 2. The molecule has 1 aromatic rings. The molecular weight excluding hydrogens is 198 g/mol. The van der Waals surface area contributed by atoms with Crippen LogP contribution in [0.5, 0.6) is 5.75 Å². The SMILES string of the molecule is Cc1ccc(OCCC2CC2)c([C@@H](C)N)c1. The van der Waals surface area contributed by atoms with Crippen LogP contribution in [0.2, 0.25) is 0 Å². The Hall–Kier alpha value is -1.02. The summed E-state index contributed by atoms with van der Waals surface area (Å²) in [7, 11) is 0. The average molecular weight is 219 g/mol. The Labute approximate surface area is 97.8 Å². The van der Waals surface area contributed by atoms with E-state index >= 15 is 0 Å². The Balaban J connectivity index is 1.99. The average Bonchev–Trinajstić information content (AvgIpc) is 3.04. The molecule has 2 rings (SSSR count). The maximum absolute atomic E-state index is 5.95. The van der Waals surface area contributed by atoms with Gasteiger partial charge < -0.3 is 10.5 Å². The number of ether oxygens (including phenoxy) is 1. The normalized spacial score (nSPS) is 17.2. The van der Waals surface area contributed by atoms with Gasteiger partial charge >= 0.3 is 0 Å². The fourth-order valence-electron chi connectivity index (χ4n) is 1.90. The molecular formula is C14H21NO. The van der Waals surface area contributed by atoms with Gasteiger partial charge in [-0.1, -0.05) is 30.5 Å². The molecule has 16 heavy (non-hydrogen) atoms. The van der Waals surface area contributed by atoms with E-state index in [1.54, 1.807) is 0 Å². The first-order valence-corrected chi connectivity index (χ1v) is 6.15. The predicted octanol–water partition coefficient (Wildman–Crippen LogP) is 3.19. The van der Waals surface area contributed by atoms with Gasteiger partial charge in [0.1, 0.15) is 5.75 Å². The fourth-order valence-corrected chi connectivity index (χ4v) is 1.90. The van der Waals surface area contributed by atoms with Gasteiger partial charge in [-0.2, -0.15) is 0 Å². The molecule has 2 nitrogen and oxygen atoms in total. The van der Waals surface area contributed by atoms with Crippen molar-refractivity contribution < 1.29 is 4.74 Å². The molecule has 0 unspecified atom stereocenters. The summed E-state index contributed by atoms with van der Waals surface area (Å²) in [6.45, 7) is 4.91. The van der Waals surface area contributed by atoms with E-state index < -0.39 is 0 Å². The molecule has 1 aliphatic carbocycles. The summed E-state index contributed by atoms with van der Waals surface area (Å²) in [6.07, 6.45) is 3.96. The Bertz CT molecular complexity index is 356. The van der Waals surface area contributed by atoms with Crippen LogP contribution in [0.25, 0.3) is 0 Å². The molecule has 88 valence electrons. The summed E-state index contributed by atoms with van der Waals surface area (Å²) in [6, 6.07) is 6.28. The van der Waals surface area contributed by atoms with Crippen molar-refractivity contribution in [1.82, 2.24) is 0 Å². The smallest absolute Gasteiger partial charge is 0.124 e. The van der Waals surface area contributed by atoms with Crippen LogP contribution in [-0.2, 0) is 0 Å². The zero-order valence-corrected chi connectivity index (χ0v) is 10.2. The molecule has 1 fully saturated rings. The molecule has 0 heterocycles. The van der Waals surface area contributed by atoms with Crippen molar-refractivity contribution in [3.05, 3.63) is 29.3 Å². The van der Waals surface area contributed by atoms with Gasteiger partial charge in [0.25, 0.3) is 0 Å². The highest BCUT2D eigenvalue weighted by molar-refractivity contribution is 5.38. The fraction of sp³-hybridized carbons (Fsp3) is 0.571. The second-order valence-electron chi connectivity index (χ2n) is 4.91. The Morgan fingerprint density at radius 2 is 2.19 bits per heavy atom. The third-order valence-corrected chi connectivity index (χ3v) is 3.14. The molecule has 0 aromatic heterocycles. The maximum Gasteiger partial charge on any atom is 0.124 e. The van der Waals surface area contributed by atoms with Gasteiger partial charge in [-0.25, -0.2) is 0 Å². The van der Waals surface area contributed by atoms with Crippen LogP contribution < -0.4 is 10.5 Å². The number of benzene rings is 1. The van der Waals surface area contributed by atoms with Crippen LogP contribution in [0.1, 0.15) is 43.4 Å². The largest absolute Gasteiger partial charge is 0.493 e. The molecule has 1 saturated carbocycles. The van der Waals surface area contributed by atoms with Crippen molar-refractivity contribution in [1.29, 1.82) is 0 Å². The molecule has 0 spiro atoms. The molecule has 1 aliphatic rings. The first kappa shape index (κ1) is 11.5. The van der Waals surface area contributed by atoms with Gasteiger partial charge in [0.15, 0.2) is 0 Å². The monoisotopic (exact) mass is 219 g/mol. The molecule has 0 bridgehead atoms. The second-order valence-corrected chi connectivity index (χ2v) is 4.91. The van der Waals surface area contributed by atoms with E-state index in [2.05, 4.69) is 19.1 Å². The molecule has 2 N–H and O–H groups in total. The third-order valence-electron chi connectivity index (χ3n) is 3.14. The molecule has 0 saturated heterocycles. The summed E-state index contributed by atoms with van der Waals surface area (Å²) in [5, 5.41) is 0. The standard InChI is InChI=1S/C14H21NO/c1-10-3-6-14(13(9-10)11(2)15)16-8-7-12-4-5-12/h3,6,9,11-12H,4-5,7-8,15H2,1-2H3/t11-/m1/s1. The highest BCUT2D eigenvalue weighted by Crippen LogP contribution is 2.33. The highest BCUT2D eigenvalue weighted by atomic mass is 16.5. The minimum Gasteiger partial charge on any atom is -0.493 e. The molecule has 1 atom stereocenters. The summed E-state index contributed by atoms with van der Waals surface area (Å²) in [4.78, 5) is 0. The van der Waals surface area contributed by atoms with Crippen molar-refractivity contribution in [2.45, 2.75) is 39.2 Å². The van der Waals surface area contributed by atoms with Crippen molar-refractivity contribution >= 4 is 0 Å². The molecule has 2 heteroatoms. The first-order valence-electron chi connectivity index (χ1n) is 6.15. The predicted molar refractivity (Wildman–Crippen MR) is 66.6 cm³/mol. The Morgan fingerprint density at radius 1 is 1.44 bits per heavy atom. The lowest BCUT2D eigenvalue weighted by Crippen LogP contribution is -2.09. The molecule has 1 aromatic carbocycles. The van der Waals surface area contributed by atoms with Crippen molar-refractivity contribution in [3.63, 3.8) is 0 Å². The van der Waals surface area contributed by atoms with Gasteiger partial charge in [-0.05, 0) is 32.3 Å². The number of nitrogens with two attached hydrogens (primary N) is 1. The number of hydrogen-bond donors (Lipinski definition) is 1. The number of aryl methyl sites for hydroxylation is 1. The van der Waals surface area contributed by atoms with Gasteiger partial charge in [0, 0.05) is 11.6 Å². The van der Waals surface area contributed by atoms with Crippen LogP contribution in [0, 0.1) is 12.8 Å². The van der Waals surface area contributed by atoms with Crippen LogP contribution in [0.15, 0.2) is 18.2 Å². The van der Waals surface area contributed by atoms with E-state index in [0.29, 0.717) is 0 Å². The van der Waals surface area contributed by atoms with E-state index in [9.17, 15) is 0 Å². The summed E-state index contributed by atoms with van der Waals surface area (Å²) < 4.78 is 5.82.